The van der Waals surface area contributed by atoms with Crippen molar-refractivity contribution in [2.75, 3.05) is 6.26 Å². The summed E-state index contributed by atoms with van der Waals surface area (Å²) in [5.41, 5.74) is 0.697. The maximum atomic E-state index is 11.2. The van der Waals surface area contributed by atoms with Crippen molar-refractivity contribution in [2.24, 2.45) is 0 Å². The number of hydrogen-bond acceptors (Lipinski definition) is 5. The molecule has 1 aromatic heterocycles. The Morgan fingerprint density at radius 3 is 2.31 bits per heavy atom. The van der Waals surface area contributed by atoms with E-state index in [1.54, 1.807) is 12.1 Å². The minimum Gasteiger partial charge on any atom is -0.301 e. The molecule has 0 aliphatic heterocycles. The normalized spacial score (nSPS) is 11.6. The molecule has 0 amide bonds. The van der Waals surface area contributed by atoms with Crippen molar-refractivity contribution in [1.82, 2.24) is 20.2 Å². The molecule has 0 N–H and O–H groups in total. The van der Waals surface area contributed by atoms with Gasteiger partial charge in [0.25, 0.3) is 0 Å². The Balaban J connectivity index is 2.40. The molecule has 1 heterocycles. The number of aromatic nitrogens is 4. The van der Waals surface area contributed by atoms with Crippen molar-refractivity contribution in [2.45, 2.75) is 4.90 Å². The van der Waals surface area contributed by atoms with Gasteiger partial charge >= 0.3 is 0 Å². The molecule has 0 aliphatic rings. The third-order valence-corrected chi connectivity index (χ3v) is 3.12. The molecular weight excluding hydrogens is 228 g/mol. The molecule has 0 aliphatic carbocycles. The van der Waals surface area contributed by atoms with Crippen LogP contribution in [0.4, 0.5) is 0 Å². The lowest BCUT2D eigenvalue weighted by Gasteiger charge is -1.99. The van der Waals surface area contributed by atoms with E-state index in [1.807, 2.05) is 0 Å². The van der Waals surface area contributed by atoms with E-state index < -0.39 is 9.84 Å². The number of benzene rings is 1. The van der Waals surface area contributed by atoms with E-state index in [4.69, 9.17) is 0 Å². The minimum atomic E-state index is -3.17. The molecule has 2 rings (SSSR count). The van der Waals surface area contributed by atoms with E-state index >= 15 is 0 Å². The summed E-state index contributed by atoms with van der Waals surface area (Å²) in [4.78, 5) is 1.36. The van der Waals surface area contributed by atoms with Crippen LogP contribution >= 0.6 is 0 Å². The first kappa shape index (κ1) is 10.6. The Bertz CT molecular complexity index is 601. The van der Waals surface area contributed by atoms with Crippen LogP contribution < -0.4 is 0 Å². The highest BCUT2D eigenvalue weighted by molar-refractivity contribution is 7.90. The van der Waals surface area contributed by atoms with Crippen LogP contribution in [0, 0.1) is 7.05 Å². The summed E-state index contributed by atoms with van der Waals surface area (Å²) >= 11 is 0. The molecule has 0 unspecified atom stereocenters. The molecule has 0 radical (unpaired) electrons. The first-order valence-electron chi connectivity index (χ1n) is 4.38. The lowest BCUT2D eigenvalue weighted by Crippen LogP contribution is -1.96. The molecule has 2 aromatic rings. The second kappa shape index (κ2) is 3.60. The standard InChI is InChI=1S/C9H9N4O2S/c1-13-11-9(10-12-13)7-3-5-8(6-4-7)16(2,14)15/h3-6H,1H2,2H3/q-1. The second-order valence-corrected chi connectivity index (χ2v) is 5.30. The van der Waals surface area contributed by atoms with Crippen LogP contribution in [-0.2, 0) is 9.84 Å². The smallest absolute Gasteiger partial charge is 0.202 e. The largest absolute Gasteiger partial charge is 0.301 e. The van der Waals surface area contributed by atoms with Crippen LogP contribution in [0.3, 0.4) is 0 Å². The Morgan fingerprint density at radius 1 is 1.25 bits per heavy atom. The van der Waals surface area contributed by atoms with Crippen molar-refractivity contribution in [1.29, 1.82) is 0 Å². The summed E-state index contributed by atoms with van der Waals surface area (Å²) < 4.78 is 22.5. The van der Waals surface area contributed by atoms with Crippen molar-refractivity contribution in [3.05, 3.63) is 31.3 Å². The van der Waals surface area contributed by atoms with Crippen LogP contribution in [0.5, 0.6) is 0 Å². The zero-order valence-corrected chi connectivity index (χ0v) is 9.35. The Morgan fingerprint density at radius 2 is 1.88 bits per heavy atom. The average molecular weight is 237 g/mol. The van der Waals surface area contributed by atoms with Gasteiger partial charge in [0.05, 0.1) is 4.90 Å². The van der Waals surface area contributed by atoms with Gasteiger partial charge in [0, 0.05) is 11.8 Å². The summed E-state index contributed by atoms with van der Waals surface area (Å²) in [6.45, 7) is 0. The Labute approximate surface area is 92.8 Å². The molecule has 0 saturated carbocycles. The van der Waals surface area contributed by atoms with E-state index in [1.165, 1.54) is 12.1 Å². The van der Waals surface area contributed by atoms with E-state index in [-0.39, 0.29) is 4.90 Å². The van der Waals surface area contributed by atoms with Gasteiger partial charge in [-0.1, -0.05) is 5.21 Å². The molecule has 0 atom stereocenters. The van der Waals surface area contributed by atoms with Gasteiger partial charge in [0.2, 0.25) is 5.82 Å². The quantitative estimate of drug-likeness (QED) is 0.706. The van der Waals surface area contributed by atoms with E-state index in [9.17, 15) is 8.42 Å². The zero-order chi connectivity index (χ0) is 11.8. The monoisotopic (exact) mass is 237 g/mol. The van der Waals surface area contributed by atoms with Gasteiger partial charge in [-0.05, 0) is 24.3 Å². The SMILES string of the molecule is [CH2-]n1nnc(-c2ccc(S(C)(=O)=O)cc2)n1. The van der Waals surface area contributed by atoms with Crippen LogP contribution in [-0.4, -0.2) is 34.9 Å². The molecule has 84 valence electrons. The van der Waals surface area contributed by atoms with Gasteiger partial charge in [0.1, 0.15) is 0 Å². The van der Waals surface area contributed by atoms with Gasteiger partial charge in [-0.15, -0.1) is 5.10 Å². The third-order valence-electron chi connectivity index (χ3n) is 1.99. The number of sulfone groups is 1. The zero-order valence-electron chi connectivity index (χ0n) is 8.53. The van der Waals surface area contributed by atoms with Crippen LogP contribution in [0.1, 0.15) is 0 Å². The van der Waals surface area contributed by atoms with Crippen molar-refractivity contribution in [3.63, 3.8) is 0 Å². The van der Waals surface area contributed by atoms with Gasteiger partial charge in [-0.25, -0.2) is 8.42 Å². The third kappa shape index (κ3) is 2.03. The molecule has 16 heavy (non-hydrogen) atoms. The second-order valence-electron chi connectivity index (χ2n) is 3.28. The molecule has 1 aromatic carbocycles. The van der Waals surface area contributed by atoms with E-state index in [2.05, 4.69) is 22.5 Å². The number of hydrogen-bond donors (Lipinski definition) is 0. The average Bonchev–Trinajstić information content (AvgIpc) is 2.64. The number of tetrazole rings is 1. The van der Waals surface area contributed by atoms with Gasteiger partial charge in [0.15, 0.2) is 9.84 Å². The first-order chi connectivity index (χ1) is 7.47. The minimum absolute atomic E-state index is 0.262. The fourth-order valence-electron chi connectivity index (χ4n) is 1.21. The number of nitrogens with zero attached hydrogens (tertiary/aromatic N) is 4. The fourth-order valence-corrected chi connectivity index (χ4v) is 1.84. The topological polar surface area (TPSA) is 77.7 Å². The molecule has 0 bridgehead atoms. The summed E-state index contributed by atoms with van der Waals surface area (Å²) in [6.07, 6.45) is 1.16. The lowest BCUT2D eigenvalue weighted by atomic mass is 10.2. The van der Waals surface area contributed by atoms with Gasteiger partial charge in [-0.2, -0.15) is 5.10 Å². The summed E-state index contributed by atoms with van der Waals surface area (Å²) in [5.74, 6) is 0.412. The van der Waals surface area contributed by atoms with Gasteiger partial charge < -0.3 is 4.80 Å². The number of rotatable bonds is 2. The van der Waals surface area contributed by atoms with Crippen LogP contribution in [0.2, 0.25) is 0 Å². The predicted octanol–water partition coefficient (Wildman–Crippen LogP) is 0.383. The van der Waals surface area contributed by atoms with Crippen molar-refractivity contribution >= 4 is 9.84 Å². The van der Waals surface area contributed by atoms with E-state index in [0.29, 0.717) is 11.4 Å². The molecule has 6 nitrogen and oxygen atoms in total. The Kier molecular flexibility index (Phi) is 2.39. The summed E-state index contributed by atoms with van der Waals surface area (Å²) in [6, 6.07) is 6.28. The maximum Gasteiger partial charge on any atom is 0.202 e. The highest BCUT2D eigenvalue weighted by atomic mass is 32.2. The molecule has 7 heteroatoms. The highest BCUT2D eigenvalue weighted by Gasteiger charge is 2.08. The van der Waals surface area contributed by atoms with Gasteiger partial charge in [-0.3, -0.25) is 7.05 Å². The highest BCUT2D eigenvalue weighted by Crippen LogP contribution is 2.16. The predicted molar refractivity (Wildman–Crippen MR) is 57.1 cm³/mol. The molecule has 0 spiro atoms. The van der Waals surface area contributed by atoms with Crippen LogP contribution in [0.15, 0.2) is 29.2 Å². The summed E-state index contributed by atoms with van der Waals surface area (Å²) in [7, 11) is 0.289. The van der Waals surface area contributed by atoms with Crippen molar-refractivity contribution in [3.8, 4) is 11.4 Å². The van der Waals surface area contributed by atoms with Crippen molar-refractivity contribution < 1.29 is 8.42 Å². The first-order valence-corrected chi connectivity index (χ1v) is 6.27. The molecular formula is C9H9N4O2S-. The Hall–Kier alpha value is -1.89. The molecule has 0 fully saturated rings. The summed E-state index contributed by atoms with van der Waals surface area (Å²) in [5, 5.41) is 11.3. The molecule has 0 saturated heterocycles. The van der Waals surface area contributed by atoms with Crippen LogP contribution in [0.25, 0.3) is 11.4 Å². The fraction of sp³-hybridized carbons (Fsp3) is 0.111. The lowest BCUT2D eigenvalue weighted by molar-refractivity contribution is 0.602. The maximum absolute atomic E-state index is 11.2. The van der Waals surface area contributed by atoms with E-state index in [0.717, 1.165) is 11.1 Å².